The lowest BCUT2D eigenvalue weighted by Crippen LogP contribution is -2.25. The van der Waals surface area contributed by atoms with Crippen LogP contribution in [0.5, 0.6) is 0 Å². The van der Waals surface area contributed by atoms with E-state index < -0.39 is 23.8 Å². The minimum atomic E-state index is -1.05. The Morgan fingerprint density at radius 2 is 2.12 bits per heavy atom. The van der Waals surface area contributed by atoms with E-state index in [1.165, 1.54) is 19.1 Å². The molecule has 6 heteroatoms. The van der Waals surface area contributed by atoms with E-state index in [0.29, 0.717) is 5.69 Å². The summed E-state index contributed by atoms with van der Waals surface area (Å²) in [4.78, 5) is 21.8. The molecule has 1 atom stereocenters. The third-order valence-electron chi connectivity index (χ3n) is 2.13. The second-order valence-electron chi connectivity index (χ2n) is 3.39. The lowest BCUT2D eigenvalue weighted by molar-refractivity contribution is -0.137. The van der Waals surface area contributed by atoms with Crippen molar-refractivity contribution in [1.82, 2.24) is 0 Å². The zero-order chi connectivity index (χ0) is 13.0. The lowest BCUT2D eigenvalue weighted by atomic mass is 10.1. The minimum absolute atomic E-state index is 0.241. The number of carboxylic acids is 1. The Kier molecular flexibility index (Phi) is 4.03. The van der Waals surface area contributed by atoms with E-state index in [2.05, 4.69) is 10.1 Å². The summed E-state index contributed by atoms with van der Waals surface area (Å²) < 4.78 is 17.7. The number of benzene rings is 1. The van der Waals surface area contributed by atoms with Gasteiger partial charge in [0, 0.05) is 5.69 Å². The van der Waals surface area contributed by atoms with Gasteiger partial charge in [0.15, 0.2) is 0 Å². The van der Waals surface area contributed by atoms with Crippen molar-refractivity contribution in [1.29, 1.82) is 0 Å². The summed E-state index contributed by atoms with van der Waals surface area (Å²) in [5, 5.41) is 11.3. The normalized spacial score (nSPS) is 11.7. The van der Waals surface area contributed by atoms with Crippen LogP contribution >= 0.6 is 0 Å². The first-order valence-electron chi connectivity index (χ1n) is 4.83. The minimum Gasteiger partial charge on any atom is -0.480 e. The Balaban J connectivity index is 2.96. The van der Waals surface area contributed by atoms with Gasteiger partial charge in [0.25, 0.3) is 0 Å². The molecule has 0 radical (unpaired) electrons. The Bertz CT molecular complexity index is 447. The van der Waals surface area contributed by atoms with Gasteiger partial charge in [-0.1, -0.05) is 0 Å². The van der Waals surface area contributed by atoms with Crippen LogP contribution in [0, 0.1) is 5.82 Å². The van der Waals surface area contributed by atoms with Gasteiger partial charge in [-0.05, 0) is 25.1 Å². The van der Waals surface area contributed by atoms with Crippen molar-refractivity contribution in [2.45, 2.75) is 13.0 Å². The molecule has 2 N–H and O–H groups in total. The number of carbonyl (C=O) groups excluding carboxylic acids is 1. The zero-order valence-corrected chi connectivity index (χ0v) is 9.36. The molecule has 0 fully saturated rings. The van der Waals surface area contributed by atoms with Crippen LogP contribution in [0.3, 0.4) is 0 Å². The van der Waals surface area contributed by atoms with Gasteiger partial charge in [0.05, 0.1) is 12.7 Å². The molecule has 0 spiro atoms. The number of carboxylic acid groups (broad SMARTS) is 1. The summed E-state index contributed by atoms with van der Waals surface area (Å²) in [5.41, 5.74) is 0.0942. The molecule has 0 saturated carbocycles. The molecule has 1 rings (SSSR count). The number of nitrogens with one attached hydrogen (secondary N) is 1. The number of halogens is 1. The molecule has 92 valence electrons. The molecule has 0 aromatic heterocycles. The van der Waals surface area contributed by atoms with Crippen LogP contribution < -0.4 is 5.32 Å². The van der Waals surface area contributed by atoms with Gasteiger partial charge in [0.2, 0.25) is 0 Å². The van der Waals surface area contributed by atoms with Gasteiger partial charge in [-0.25, -0.2) is 9.18 Å². The molecular weight excluding hydrogens is 229 g/mol. The van der Waals surface area contributed by atoms with Crippen LogP contribution in [0.2, 0.25) is 0 Å². The van der Waals surface area contributed by atoms with Gasteiger partial charge in [-0.3, -0.25) is 4.79 Å². The SMILES string of the molecule is COC(=O)c1cc(NC(C)C(=O)O)ccc1F. The van der Waals surface area contributed by atoms with Crippen molar-refractivity contribution in [2.75, 3.05) is 12.4 Å². The molecule has 17 heavy (non-hydrogen) atoms. The first kappa shape index (κ1) is 13.0. The molecule has 1 unspecified atom stereocenters. The summed E-state index contributed by atoms with van der Waals surface area (Å²) in [6, 6.07) is 2.79. The highest BCUT2D eigenvalue weighted by molar-refractivity contribution is 5.91. The average Bonchev–Trinajstić information content (AvgIpc) is 2.30. The molecule has 0 heterocycles. The Morgan fingerprint density at radius 3 is 2.65 bits per heavy atom. The van der Waals surface area contributed by atoms with Gasteiger partial charge in [-0.15, -0.1) is 0 Å². The van der Waals surface area contributed by atoms with E-state index in [1.54, 1.807) is 0 Å². The van der Waals surface area contributed by atoms with Crippen molar-refractivity contribution >= 4 is 17.6 Å². The summed E-state index contributed by atoms with van der Waals surface area (Å²) in [6.07, 6.45) is 0. The van der Waals surface area contributed by atoms with Gasteiger partial charge in [-0.2, -0.15) is 0 Å². The third kappa shape index (κ3) is 3.17. The molecule has 0 aliphatic heterocycles. The van der Waals surface area contributed by atoms with Crippen LogP contribution in [0.4, 0.5) is 10.1 Å². The number of carbonyl (C=O) groups is 2. The van der Waals surface area contributed by atoms with E-state index in [0.717, 1.165) is 13.2 Å². The van der Waals surface area contributed by atoms with Crippen molar-refractivity contribution in [3.63, 3.8) is 0 Å². The van der Waals surface area contributed by atoms with E-state index in [1.807, 2.05) is 0 Å². The Morgan fingerprint density at radius 1 is 1.47 bits per heavy atom. The van der Waals surface area contributed by atoms with E-state index in [4.69, 9.17) is 5.11 Å². The number of ether oxygens (including phenoxy) is 1. The Hall–Kier alpha value is -2.11. The molecule has 0 bridgehead atoms. The molecule has 0 amide bonds. The first-order chi connectivity index (χ1) is 7.95. The summed E-state index contributed by atoms with van der Waals surface area (Å²) >= 11 is 0. The van der Waals surface area contributed by atoms with E-state index >= 15 is 0 Å². The first-order valence-corrected chi connectivity index (χ1v) is 4.83. The number of hydrogen-bond acceptors (Lipinski definition) is 4. The van der Waals surface area contributed by atoms with Gasteiger partial charge in [0.1, 0.15) is 11.9 Å². The molecule has 1 aromatic carbocycles. The van der Waals surface area contributed by atoms with E-state index in [-0.39, 0.29) is 5.56 Å². The predicted molar refractivity (Wildman–Crippen MR) is 58.5 cm³/mol. The fraction of sp³-hybridized carbons (Fsp3) is 0.273. The van der Waals surface area contributed by atoms with Crippen molar-refractivity contribution in [3.8, 4) is 0 Å². The fourth-order valence-electron chi connectivity index (χ4n) is 1.19. The smallest absolute Gasteiger partial charge is 0.340 e. The number of anilines is 1. The standard InChI is InChI=1S/C11H12FNO4/c1-6(10(14)15)13-7-3-4-9(12)8(5-7)11(16)17-2/h3-6,13H,1-2H3,(H,14,15). The van der Waals surface area contributed by atoms with Crippen LogP contribution in [0.1, 0.15) is 17.3 Å². The van der Waals surface area contributed by atoms with Crippen molar-refractivity contribution in [2.24, 2.45) is 0 Å². The maximum atomic E-state index is 13.3. The number of esters is 1. The van der Waals surface area contributed by atoms with Gasteiger partial charge < -0.3 is 15.2 Å². The molecule has 0 saturated heterocycles. The maximum absolute atomic E-state index is 13.3. The Labute approximate surface area is 97.2 Å². The average molecular weight is 241 g/mol. The topological polar surface area (TPSA) is 75.6 Å². The number of hydrogen-bond donors (Lipinski definition) is 2. The van der Waals surface area contributed by atoms with Gasteiger partial charge >= 0.3 is 11.9 Å². The maximum Gasteiger partial charge on any atom is 0.340 e. The highest BCUT2D eigenvalue weighted by atomic mass is 19.1. The summed E-state index contributed by atoms with van der Waals surface area (Å²) in [6.45, 7) is 1.43. The summed E-state index contributed by atoms with van der Waals surface area (Å²) in [7, 11) is 1.14. The largest absolute Gasteiger partial charge is 0.480 e. The fourth-order valence-corrected chi connectivity index (χ4v) is 1.19. The third-order valence-corrected chi connectivity index (χ3v) is 2.13. The number of methoxy groups -OCH3 is 1. The monoisotopic (exact) mass is 241 g/mol. The van der Waals surface area contributed by atoms with E-state index in [9.17, 15) is 14.0 Å². The van der Waals surface area contributed by atoms with Crippen LogP contribution in [-0.2, 0) is 9.53 Å². The molecule has 0 aliphatic carbocycles. The molecular formula is C11H12FNO4. The van der Waals surface area contributed by atoms with Crippen LogP contribution in [-0.4, -0.2) is 30.2 Å². The molecule has 5 nitrogen and oxygen atoms in total. The van der Waals surface area contributed by atoms with Crippen molar-refractivity contribution in [3.05, 3.63) is 29.6 Å². The second-order valence-corrected chi connectivity index (χ2v) is 3.39. The second kappa shape index (κ2) is 5.29. The number of rotatable bonds is 4. The molecule has 0 aliphatic rings. The van der Waals surface area contributed by atoms with Crippen LogP contribution in [0.15, 0.2) is 18.2 Å². The highest BCUT2D eigenvalue weighted by Gasteiger charge is 2.15. The predicted octanol–water partition coefficient (Wildman–Crippen LogP) is 1.50. The number of aliphatic carboxylic acids is 1. The quantitative estimate of drug-likeness (QED) is 0.781. The molecule has 1 aromatic rings. The van der Waals surface area contributed by atoms with Crippen molar-refractivity contribution < 1.29 is 23.8 Å². The highest BCUT2D eigenvalue weighted by Crippen LogP contribution is 2.16. The zero-order valence-electron chi connectivity index (χ0n) is 9.36. The summed E-state index contributed by atoms with van der Waals surface area (Å²) in [5.74, 6) is -2.58. The lowest BCUT2D eigenvalue weighted by Gasteiger charge is -2.11. The van der Waals surface area contributed by atoms with Crippen LogP contribution in [0.25, 0.3) is 0 Å².